The van der Waals surface area contributed by atoms with Crippen LogP contribution in [0.4, 0.5) is 0 Å². The van der Waals surface area contributed by atoms with E-state index in [9.17, 15) is 13.5 Å². The molecule has 0 saturated heterocycles. The summed E-state index contributed by atoms with van der Waals surface area (Å²) < 4.78 is 24.3. The summed E-state index contributed by atoms with van der Waals surface area (Å²) in [5, 5.41) is 9.47. The van der Waals surface area contributed by atoms with E-state index in [1.807, 2.05) is 0 Å². The van der Waals surface area contributed by atoms with E-state index in [4.69, 9.17) is 0 Å². The Balaban J connectivity index is 3.35. The molecule has 0 amide bonds. The molecule has 0 heterocycles. The van der Waals surface area contributed by atoms with Crippen molar-refractivity contribution in [1.82, 2.24) is 4.31 Å². The Morgan fingerprint density at radius 2 is 1.86 bits per heavy atom. The fourth-order valence-electron chi connectivity index (χ4n) is 1.04. The zero-order chi connectivity index (χ0) is 10.9. The van der Waals surface area contributed by atoms with E-state index >= 15 is 0 Å². The number of hydrogen-bond acceptors (Lipinski definition) is 3. The van der Waals surface area contributed by atoms with Crippen LogP contribution in [0.1, 0.15) is 5.56 Å². The lowest BCUT2D eigenvalue weighted by Crippen LogP contribution is -2.22. The van der Waals surface area contributed by atoms with Crippen LogP contribution in [0.2, 0.25) is 0 Å². The lowest BCUT2D eigenvalue weighted by atomic mass is 10.2. The average Bonchev–Trinajstić information content (AvgIpc) is 2.02. The molecule has 5 heteroatoms. The van der Waals surface area contributed by atoms with Gasteiger partial charge in [0.2, 0.25) is 10.0 Å². The van der Waals surface area contributed by atoms with Crippen molar-refractivity contribution < 1.29 is 13.5 Å². The van der Waals surface area contributed by atoms with Gasteiger partial charge in [-0.05, 0) is 24.6 Å². The van der Waals surface area contributed by atoms with Crippen molar-refractivity contribution in [1.29, 1.82) is 0 Å². The molecule has 1 rings (SSSR count). The van der Waals surface area contributed by atoms with E-state index in [1.54, 1.807) is 13.0 Å². The van der Waals surface area contributed by atoms with E-state index in [2.05, 4.69) is 0 Å². The minimum absolute atomic E-state index is 0.0619. The molecule has 0 saturated carbocycles. The molecule has 0 spiro atoms. The smallest absolute Gasteiger partial charge is 0.246 e. The highest BCUT2D eigenvalue weighted by molar-refractivity contribution is 7.89. The molecular weight excluding hydrogens is 202 g/mol. The number of aromatic hydroxyl groups is 1. The molecule has 0 aliphatic rings. The van der Waals surface area contributed by atoms with Gasteiger partial charge >= 0.3 is 0 Å². The SMILES string of the molecule is Cc1ccc(S(=O)(=O)N(C)C)c(O)c1. The van der Waals surface area contributed by atoms with E-state index in [-0.39, 0.29) is 10.6 Å². The Morgan fingerprint density at radius 3 is 2.29 bits per heavy atom. The molecule has 0 fully saturated rings. The third-order valence-electron chi connectivity index (χ3n) is 1.87. The summed E-state index contributed by atoms with van der Waals surface area (Å²) in [6.07, 6.45) is 0. The maximum Gasteiger partial charge on any atom is 0.246 e. The number of aryl methyl sites for hydroxylation is 1. The van der Waals surface area contributed by atoms with Crippen LogP contribution in [0, 0.1) is 6.92 Å². The molecule has 0 aromatic heterocycles. The van der Waals surface area contributed by atoms with Crippen molar-refractivity contribution in [2.45, 2.75) is 11.8 Å². The third-order valence-corrected chi connectivity index (χ3v) is 3.74. The Bertz CT molecular complexity index is 437. The third kappa shape index (κ3) is 1.88. The zero-order valence-corrected chi connectivity index (χ0v) is 9.17. The van der Waals surface area contributed by atoms with Gasteiger partial charge in [-0.2, -0.15) is 0 Å². The van der Waals surface area contributed by atoms with Crippen molar-refractivity contribution in [3.8, 4) is 5.75 Å². The Hall–Kier alpha value is -1.07. The number of nitrogens with zero attached hydrogens (tertiary/aromatic N) is 1. The molecule has 14 heavy (non-hydrogen) atoms. The summed E-state index contributed by atoms with van der Waals surface area (Å²) in [6.45, 7) is 1.78. The van der Waals surface area contributed by atoms with Gasteiger partial charge < -0.3 is 5.11 Å². The fraction of sp³-hybridized carbons (Fsp3) is 0.333. The minimum Gasteiger partial charge on any atom is -0.507 e. The summed E-state index contributed by atoms with van der Waals surface area (Å²) in [5.41, 5.74) is 0.820. The van der Waals surface area contributed by atoms with Crippen molar-refractivity contribution >= 4 is 10.0 Å². The van der Waals surface area contributed by atoms with Crippen molar-refractivity contribution in [2.24, 2.45) is 0 Å². The standard InChI is InChI=1S/C9H13NO3S/c1-7-4-5-9(8(11)6-7)14(12,13)10(2)3/h4-6,11H,1-3H3. The largest absolute Gasteiger partial charge is 0.507 e. The van der Waals surface area contributed by atoms with Crippen LogP contribution < -0.4 is 0 Å². The summed E-state index contributed by atoms with van der Waals surface area (Å²) in [7, 11) is -0.691. The summed E-state index contributed by atoms with van der Waals surface area (Å²) in [6, 6.07) is 4.48. The highest BCUT2D eigenvalue weighted by Gasteiger charge is 2.20. The van der Waals surface area contributed by atoms with Crippen LogP contribution in [0.25, 0.3) is 0 Å². The van der Waals surface area contributed by atoms with Crippen LogP contribution in [0.5, 0.6) is 5.75 Å². The number of phenols is 1. The number of rotatable bonds is 2. The van der Waals surface area contributed by atoms with Gasteiger partial charge in [0.1, 0.15) is 10.6 Å². The van der Waals surface area contributed by atoms with Crippen LogP contribution in [0.15, 0.2) is 23.1 Å². The van der Waals surface area contributed by atoms with Gasteiger partial charge in [0.05, 0.1) is 0 Å². The summed E-state index contributed by atoms with van der Waals surface area (Å²) in [4.78, 5) is -0.0619. The van der Waals surface area contributed by atoms with E-state index in [0.29, 0.717) is 0 Å². The van der Waals surface area contributed by atoms with Gasteiger partial charge in [-0.25, -0.2) is 12.7 Å². The van der Waals surface area contributed by atoms with E-state index in [0.717, 1.165) is 9.87 Å². The van der Waals surface area contributed by atoms with Gasteiger partial charge in [0.15, 0.2) is 0 Å². The predicted octanol–water partition coefficient (Wildman–Crippen LogP) is 0.951. The molecule has 0 atom stereocenters. The molecule has 0 aliphatic carbocycles. The van der Waals surface area contributed by atoms with Crippen LogP contribution in [0.3, 0.4) is 0 Å². The molecule has 0 aliphatic heterocycles. The molecule has 4 nitrogen and oxygen atoms in total. The zero-order valence-electron chi connectivity index (χ0n) is 8.35. The van der Waals surface area contributed by atoms with Gasteiger partial charge in [-0.3, -0.25) is 0 Å². The highest BCUT2D eigenvalue weighted by Crippen LogP contribution is 2.25. The molecule has 1 N–H and O–H groups in total. The van der Waals surface area contributed by atoms with Gasteiger partial charge in [-0.15, -0.1) is 0 Å². The second-order valence-corrected chi connectivity index (χ2v) is 5.38. The van der Waals surface area contributed by atoms with Gasteiger partial charge in [0, 0.05) is 14.1 Å². The number of phenolic OH excluding ortho intramolecular Hbond substituents is 1. The summed E-state index contributed by atoms with van der Waals surface area (Å²) >= 11 is 0. The normalized spacial score (nSPS) is 12.0. The van der Waals surface area contributed by atoms with E-state index in [1.165, 1.54) is 26.2 Å². The Kier molecular flexibility index (Phi) is 2.82. The molecule has 0 unspecified atom stereocenters. The van der Waals surface area contributed by atoms with Crippen molar-refractivity contribution in [2.75, 3.05) is 14.1 Å². The maximum atomic E-state index is 11.6. The first kappa shape index (κ1) is 11.0. The van der Waals surface area contributed by atoms with Crippen molar-refractivity contribution in [3.63, 3.8) is 0 Å². The number of hydrogen-bond donors (Lipinski definition) is 1. The second kappa shape index (κ2) is 3.59. The lowest BCUT2D eigenvalue weighted by Gasteiger charge is -2.12. The first-order valence-corrected chi connectivity index (χ1v) is 5.52. The molecule has 0 bridgehead atoms. The first-order valence-electron chi connectivity index (χ1n) is 4.08. The minimum atomic E-state index is -3.54. The topological polar surface area (TPSA) is 57.6 Å². The highest BCUT2D eigenvalue weighted by atomic mass is 32.2. The van der Waals surface area contributed by atoms with Crippen LogP contribution >= 0.6 is 0 Å². The second-order valence-electron chi connectivity index (χ2n) is 3.26. The van der Waals surface area contributed by atoms with Crippen LogP contribution in [-0.4, -0.2) is 31.9 Å². The molecule has 1 aromatic carbocycles. The van der Waals surface area contributed by atoms with E-state index < -0.39 is 10.0 Å². The lowest BCUT2D eigenvalue weighted by molar-refractivity contribution is 0.452. The van der Waals surface area contributed by atoms with Gasteiger partial charge in [-0.1, -0.05) is 6.07 Å². The fourth-order valence-corrected chi connectivity index (χ4v) is 2.00. The Morgan fingerprint density at radius 1 is 1.29 bits per heavy atom. The van der Waals surface area contributed by atoms with Crippen molar-refractivity contribution in [3.05, 3.63) is 23.8 Å². The maximum absolute atomic E-state index is 11.6. The monoisotopic (exact) mass is 215 g/mol. The predicted molar refractivity (Wildman–Crippen MR) is 53.7 cm³/mol. The van der Waals surface area contributed by atoms with Crippen LogP contribution in [-0.2, 0) is 10.0 Å². The number of sulfonamides is 1. The molecule has 0 radical (unpaired) electrons. The quantitative estimate of drug-likeness (QED) is 0.799. The molecular formula is C9H13NO3S. The van der Waals surface area contributed by atoms with Gasteiger partial charge in [0.25, 0.3) is 0 Å². The first-order chi connectivity index (χ1) is 6.35. The Labute approximate surface area is 83.8 Å². The molecule has 1 aromatic rings. The number of benzene rings is 1. The summed E-state index contributed by atoms with van der Waals surface area (Å²) in [5.74, 6) is -0.210. The molecule has 78 valence electrons. The average molecular weight is 215 g/mol.